The van der Waals surface area contributed by atoms with Crippen LogP contribution in [0.5, 0.6) is 23.0 Å². The lowest BCUT2D eigenvalue weighted by Crippen LogP contribution is -2.53. The van der Waals surface area contributed by atoms with Crippen molar-refractivity contribution in [3.8, 4) is 34.3 Å². The molecule has 0 unspecified atom stereocenters. The Labute approximate surface area is 251 Å². The van der Waals surface area contributed by atoms with Crippen LogP contribution in [0.1, 0.15) is 48.3 Å². The molecular formula is C31H32N4O9. The molecule has 0 bridgehead atoms. The third-order valence-electron chi connectivity index (χ3n) is 6.95. The molecule has 0 aliphatic rings. The van der Waals surface area contributed by atoms with Crippen molar-refractivity contribution >= 4 is 28.8 Å². The Morgan fingerprint density at radius 1 is 0.864 bits per heavy atom. The van der Waals surface area contributed by atoms with Crippen molar-refractivity contribution in [3.63, 3.8) is 0 Å². The Hall–Kier alpha value is -5.46. The van der Waals surface area contributed by atoms with Crippen molar-refractivity contribution in [1.29, 1.82) is 0 Å². The van der Waals surface area contributed by atoms with Crippen molar-refractivity contribution in [2.45, 2.75) is 53.6 Å². The van der Waals surface area contributed by atoms with Crippen LogP contribution in [0.15, 0.2) is 45.6 Å². The molecule has 44 heavy (non-hydrogen) atoms. The molecule has 4 rings (SSSR count). The van der Waals surface area contributed by atoms with Crippen LogP contribution in [0.3, 0.4) is 0 Å². The van der Waals surface area contributed by atoms with Gasteiger partial charge >= 0.3 is 5.97 Å². The molecule has 4 aromatic rings. The van der Waals surface area contributed by atoms with Crippen LogP contribution in [0.25, 0.3) is 22.3 Å². The Kier molecular flexibility index (Phi) is 8.88. The number of phenols is 3. The maximum atomic E-state index is 13.1. The highest BCUT2D eigenvalue weighted by Gasteiger charge is 2.29. The molecule has 0 fully saturated rings. The maximum absolute atomic E-state index is 13.1. The van der Waals surface area contributed by atoms with Gasteiger partial charge in [-0.1, -0.05) is 13.8 Å². The standard InChI is InChI=1S/C31H32N4O9/c1-13(2)25(35-30(41)26-16(5)32-14(3)15(4)33-26)29(40)34-17(6)31(42)43-19-9-7-18(8-10-19)22-11-20(36)24-23(44-22)12-21(37)27(38)28(24)39/h7-13,17,25,37-39H,1-6H3,(H,34,40)(H,35,41)/t17-,25+/m0/s1. The molecule has 5 N–H and O–H groups in total. The molecule has 0 saturated heterocycles. The van der Waals surface area contributed by atoms with E-state index in [0.29, 0.717) is 22.6 Å². The highest BCUT2D eigenvalue weighted by molar-refractivity contribution is 5.97. The highest BCUT2D eigenvalue weighted by atomic mass is 16.5. The molecule has 0 radical (unpaired) electrons. The topological polar surface area (TPSA) is 201 Å². The van der Waals surface area contributed by atoms with Gasteiger partial charge in [0.1, 0.15) is 40.3 Å². The molecule has 0 saturated carbocycles. The van der Waals surface area contributed by atoms with Gasteiger partial charge in [0.2, 0.25) is 11.7 Å². The molecule has 0 aliphatic carbocycles. The van der Waals surface area contributed by atoms with Crippen LogP contribution in [0.2, 0.25) is 0 Å². The van der Waals surface area contributed by atoms with E-state index in [2.05, 4.69) is 20.6 Å². The maximum Gasteiger partial charge on any atom is 0.333 e. The predicted octanol–water partition coefficient (Wildman–Crippen LogP) is 3.16. The van der Waals surface area contributed by atoms with E-state index in [4.69, 9.17) is 9.15 Å². The minimum absolute atomic E-state index is 0.0919. The smallest absolute Gasteiger partial charge is 0.333 e. The van der Waals surface area contributed by atoms with Crippen molar-refractivity contribution in [2.75, 3.05) is 0 Å². The second-order valence-electron chi connectivity index (χ2n) is 10.6. The quantitative estimate of drug-likeness (QED) is 0.112. The summed E-state index contributed by atoms with van der Waals surface area (Å²) in [6.45, 7) is 10.1. The number of aromatic hydroxyl groups is 3. The number of benzene rings is 2. The van der Waals surface area contributed by atoms with Gasteiger partial charge in [-0.05, 0) is 57.9 Å². The van der Waals surface area contributed by atoms with Gasteiger partial charge in [-0.25, -0.2) is 9.78 Å². The molecule has 2 aromatic carbocycles. The SMILES string of the molecule is Cc1nc(C)c(C(=O)N[C@@H](C(=O)N[C@@H](C)C(=O)Oc2ccc(-c3cc(=O)c4c(O)c(O)c(O)cc4o3)cc2)C(C)C)nc1C. The Morgan fingerprint density at radius 3 is 2.14 bits per heavy atom. The summed E-state index contributed by atoms with van der Waals surface area (Å²) in [5.74, 6) is -4.28. The van der Waals surface area contributed by atoms with Gasteiger partial charge in [-0.3, -0.25) is 19.4 Å². The summed E-state index contributed by atoms with van der Waals surface area (Å²) < 4.78 is 11.0. The summed E-state index contributed by atoms with van der Waals surface area (Å²) in [5.41, 5.74) is 1.45. The first-order valence-corrected chi connectivity index (χ1v) is 13.6. The number of aromatic nitrogens is 2. The van der Waals surface area contributed by atoms with Crippen molar-refractivity contribution in [2.24, 2.45) is 5.92 Å². The van der Waals surface area contributed by atoms with Crippen LogP contribution in [0, 0.1) is 26.7 Å². The molecule has 13 heteroatoms. The fraction of sp³-hybridized carbons (Fsp3) is 0.290. The zero-order valence-electron chi connectivity index (χ0n) is 24.9. The number of esters is 1. The summed E-state index contributed by atoms with van der Waals surface area (Å²) >= 11 is 0. The summed E-state index contributed by atoms with van der Waals surface area (Å²) in [7, 11) is 0. The molecule has 2 heterocycles. The van der Waals surface area contributed by atoms with Gasteiger partial charge < -0.3 is 35.1 Å². The van der Waals surface area contributed by atoms with E-state index in [-0.39, 0.29) is 34.1 Å². The summed E-state index contributed by atoms with van der Waals surface area (Å²) in [4.78, 5) is 59.9. The molecule has 0 aliphatic heterocycles. The third-order valence-corrected chi connectivity index (χ3v) is 6.95. The van der Waals surface area contributed by atoms with Gasteiger partial charge in [0, 0.05) is 17.7 Å². The van der Waals surface area contributed by atoms with E-state index in [1.54, 1.807) is 34.6 Å². The second-order valence-corrected chi connectivity index (χ2v) is 10.6. The highest BCUT2D eigenvalue weighted by Crippen LogP contribution is 2.40. The summed E-state index contributed by atoms with van der Waals surface area (Å²) in [5, 5.41) is 34.4. The van der Waals surface area contributed by atoms with Crippen LogP contribution in [-0.4, -0.2) is 55.2 Å². The zero-order chi connectivity index (χ0) is 32.5. The number of phenolic OH excluding ortho intramolecular Hbond substituents is 3. The van der Waals surface area contributed by atoms with E-state index < -0.39 is 52.5 Å². The van der Waals surface area contributed by atoms with Crippen LogP contribution < -0.4 is 20.8 Å². The molecule has 2 amide bonds. The Bertz CT molecular complexity index is 1830. The average molecular weight is 605 g/mol. The van der Waals surface area contributed by atoms with Gasteiger partial charge in [0.05, 0.1) is 17.1 Å². The van der Waals surface area contributed by atoms with Crippen LogP contribution in [-0.2, 0) is 9.59 Å². The Balaban J connectivity index is 1.42. The van der Waals surface area contributed by atoms with Crippen LogP contribution in [0.4, 0.5) is 0 Å². The fourth-order valence-electron chi connectivity index (χ4n) is 4.35. The lowest BCUT2D eigenvalue weighted by atomic mass is 10.0. The van der Waals surface area contributed by atoms with Crippen LogP contribution >= 0.6 is 0 Å². The number of nitrogens with one attached hydrogen (secondary N) is 2. The normalized spacial score (nSPS) is 12.5. The van der Waals surface area contributed by atoms with Gasteiger partial charge in [-0.15, -0.1) is 0 Å². The molecular weight excluding hydrogens is 572 g/mol. The molecule has 230 valence electrons. The van der Waals surface area contributed by atoms with E-state index in [0.717, 1.165) is 12.1 Å². The number of carbonyl (C=O) groups is 3. The van der Waals surface area contributed by atoms with E-state index in [9.17, 15) is 34.5 Å². The average Bonchev–Trinajstić information content (AvgIpc) is 2.96. The minimum atomic E-state index is -1.07. The fourth-order valence-corrected chi connectivity index (χ4v) is 4.35. The van der Waals surface area contributed by atoms with Crippen molar-refractivity contribution in [1.82, 2.24) is 20.6 Å². The first-order valence-electron chi connectivity index (χ1n) is 13.6. The minimum Gasteiger partial charge on any atom is -0.504 e. The van der Waals surface area contributed by atoms with Gasteiger partial charge in [-0.2, -0.15) is 0 Å². The summed E-state index contributed by atoms with van der Waals surface area (Å²) in [6, 6.07) is 5.99. The molecule has 0 spiro atoms. The lowest BCUT2D eigenvalue weighted by Gasteiger charge is -2.23. The first kappa shape index (κ1) is 31.5. The number of rotatable bonds is 8. The van der Waals surface area contributed by atoms with E-state index >= 15 is 0 Å². The first-order chi connectivity index (χ1) is 20.7. The van der Waals surface area contributed by atoms with Crippen molar-refractivity contribution in [3.05, 3.63) is 69.4 Å². The number of fused-ring (bicyclic) bond motifs is 1. The zero-order valence-corrected chi connectivity index (χ0v) is 24.9. The van der Waals surface area contributed by atoms with E-state index in [1.165, 1.54) is 31.2 Å². The largest absolute Gasteiger partial charge is 0.504 e. The number of hydrogen-bond acceptors (Lipinski definition) is 11. The van der Waals surface area contributed by atoms with Crippen molar-refractivity contribution < 1.29 is 38.9 Å². The summed E-state index contributed by atoms with van der Waals surface area (Å²) in [6.07, 6.45) is 0. The third kappa shape index (κ3) is 6.46. The van der Waals surface area contributed by atoms with Gasteiger partial charge in [0.25, 0.3) is 5.91 Å². The second kappa shape index (κ2) is 12.4. The molecule has 2 aromatic heterocycles. The number of nitrogens with zero attached hydrogens (tertiary/aromatic N) is 2. The molecule has 13 nitrogen and oxygen atoms in total. The number of aryl methyl sites for hydroxylation is 3. The molecule has 2 atom stereocenters. The lowest BCUT2D eigenvalue weighted by molar-refractivity contribution is -0.139. The number of carbonyl (C=O) groups excluding carboxylic acids is 3. The number of amides is 2. The van der Waals surface area contributed by atoms with E-state index in [1.807, 2.05) is 0 Å². The number of hydrogen-bond donors (Lipinski definition) is 5. The monoisotopic (exact) mass is 604 g/mol. The predicted molar refractivity (Wildman–Crippen MR) is 158 cm³/mol. The number of ether oxygens (including phenoxy) is 1. The van der Waals surface area contributed by atoms with Gasteiger partial charge in [0.15, 0.2) is 16.9 Å². The Morgan fingerprint density at radius 2 is 1.50 bits per heavy atom.